The van der Waals surface area contributed by atoms with Crippen molar-refractivity contribution in [2.75, 3.05) is 18.8 Å². The van der Waals surface area contributed by atoms with Crippen molar-refractivity contribution in [3.63, 3.8) is 0 Å². The number of hydrogen-bond donors (Lipinski definition) is 2. The Bertz CT molecular complexity index is 386. The fourth-order valence-electron chi connectivity index (χ4n) is 2.79. The lowest BCUT2D eigenvalue weighted by Crippen LogP contribution is -2.28. The van der Waals surface area contributed by atoms with Crippen molar-refractivity contribution in [1.82, 2.24) is 10.6 Å². The van der Waals surface area contributed by atoms with E-state index in [2.05, 4.69) is 28.0 Å². The van der Waals surface area contributed by atoms with E-state index in [1.54, 1.807) is 0 Å². The Labute approximate surface area is 161 Å². The molecule has 1 fully saturated rings. The summed E-state index contributed by atoms with van der Waals surface area (Å²) in [5.41, 5.74) is 0. The molecule has 0 aromatic carbocycles. The first-order chi connectivity index (χ1) is 12.2. The Morgan fingerprint density at radius 1 is 0.960 bits per heavy atom. The molecule has 0 bridgehead atoms. The number of rotatable bonds is 15. The molecule has 25 heavy (non-hydrogen) atoms. The van der Waals surface area contributed by atoms with Gasteiger partial charge in [-0.3, -0.25) is 9.59 Å². The summed E-state index contributed by atoms with van der Waals surface area (Å²) in [4.78, 5) is 22.6. The van der Waals surface area contributed by atoms with Crippen LogP contribution in [0, 0.1) is 0 Å². The van der Waals surface area contributed by atoms with Crippen LogP contribution in [0.15, 0.2) is 12.7 Å². The first-order valence-electron chi connectivity index (χ1n) is 9.67. The predicted octanol–water partition coefficient (Wildman–Crippen LogP) is 4.46. The number of hydrogen-bond acceptors (Lipinski definition) is 4. The second-order valence-electron chi connectivity index (χ2n) is 6.54. The van der Waals surface area contributed by atoms with E-state index in [9.17, 15) is 9.59 Å². The maximum atomic E-state index is 11.7. The molecule has 144 valence electrons. The maximum absolute atomic E-state index is 11.7. The molecule has 1 atom stereocenters. The summed E-state index contributed by atoms with van der Waals surface area (Å²) in [5.74, 6) is 1.30. The Balaban J connectivity index is 1.77. The van der Waals surface area contributed by atoms with E-state index in [-0.39, 0.29) is 11.8 Å². The smallest absolute Gasteiger partial charge is 0.243 e. The van der Waals surface area contributed by atoms with Crippen molar-refractivity contribution in [3.05, 3.63) is 12.7 Å². The van der Waals surface area contributed by atoms with Gasteiger partial charge in [0.1, 0.15) is 0 Å². The van der Waals surface area contributed by atoms with E-state index < -0.39 is 0 Å². The highest BCUT2D eigenvalue weighted by atomic mass is 33.1. The molecule has 6 heteroatoms. The maximum Gasteiger partial charge on any atom is 0.243 e. The summed E-state index contributed by atoms with van der Waals surface area (Å²) >= 11 is 0. The van der Waals surface area contributed by atoms with Crippen molar-refractivity contribution in [3.8, 4) is 0 Å². The molecule has 1 heterocycles. The zero-order chi connectivity index (χ0) is 18.2. The van der Waals surface area contributed by atoms with Crippen LogP contribution in [0.1, 0.15) is 70.6 Å². The van der Waals surface area contributed by atoms with Crippen LogP contribution < -0.4 is 10.6 Å². The molecule has 2 amide bonds. The molecular formula is C19H34N2O2S2. The van der Waals surface area contributed by atoms with E-state index in [0.717, 1.165) is 24.5 Å². The Hall–Kier alpha value is -0.620. The summed E-state index contributed by atoms with van der Waals surface area (Å²) in [6.07, 6.45) is 14.2. The second kappa shape index (κ2) is 15.6. The van der Waals surface area contributed by atoms with E-state index in [1.165, 1.54) is 56.8 Å². The minimum Gasteiger partial charge on any atom is -0.356 e. The Kier molecular flexibility index (Phi) is 14.0. The van der Waals surface area contributed by atoms with Gasteiger partial charge in [-0.05, 0) is 31.8 Å². The highest BCUT2D eigenvalue weighted by molar-refractivity contribution is 8.77. The number of unbranched alkanes of at least 4 members (excludes halogenated alkanes) is 6. The molecule has 0 spiro atoms. The molecule has 1 unspecified atom stereocenters. The molecule has 0 saturated carbocycles. The fourth-order valence-corrected chi connectivity index (χ4v) is 5.82. The number of carbonyl (C=O) groups is 2. The van der Waals surface area contributed by atoms with Gasteiger partial charge in [-0.15, -0.1) is 0 Å². The number of nitrogens with one attached hydrogen (secondary N) is 2. The van der Waals surface area contributed by atoms with Gasteiger partial charge in [0, 0.05) is 30.5 Å². The first kappa shape index (κ1) is 22.4. The standard InChI is InChI=1S/C19H34N2O2S2/c1-2-18(22)20-14-10-15-21-19(23)12-9-7-5-3-4-6-8-11-17-13-16-24-25-17/h2,17H,1,3-16H2,(H,20,22)(H,21,23). The van der Waals surface area contributed by atoms with E-state index >= 15 is 0 Å². The van der Waals surface area contributed by atoms with Gasteiger partial charge in [0.25, 0.3) is 0 Å². The molecule has 0 aliphatic carbocycles. The quantitative estimate of drug-likeness (QED) is 0.248. The van der Waals surface area contributed by atoms with Crippen LogP contribution in [0.4, 0.5) is 0 Å². The monoisotopic (exact) mass is 386 g/mol. The molecule has 1 rings (SSSR count). The second-order valence-corrected chi connectivity index (χ2v) is 9.33. The van der Waals surface area contributed by atoms with Crippen molar-refractivity contribution in [2.45, 2.75) is 75.9 Å². The van der Waals surface area contributed by atoms with Gasteiger partial charge in [0.2, 0.25) is 11.8 Å². The zero-order valence-corrected chi connectivity index (χ0v) is 17.0. The molecule has 0 radical (unpaired) electrons. The van der Waals surface area contributed by atoms with Crippen LogP contribution in [0.2, 0.25) is 0 Å². The molecular weight excluding hydrogens is 352 g/mol. The van der Waals surface area contributed by atoms with Gasteiger partial charge in [-0.2, -0.15) is 0 Å². The third-order valence-electron chi connectivity index (χ3n) is 4.32. The lowest BCUT2D eigenvalue weighted by Gasteiger charge is -2.07. The average molecular weight is 387 g/mol. The molecule has 0 aromatic rings. The van der Waals surface area contributed by atoms with Crippen LogP contribution in [0.5, 0.6) is 0 Å². The molecule has 4 nitrogen and oxygen atoms in total. The summed E-state index contributed by atoms with van der Waals surface area (Å²) in [7, 11) is 4.12. The van der Waals surface area contributed by atoms with Gasteiger partial charge in [-0.25, -0.2) is 0 Å². The zero-order valence-electron chi connectivity index (χ0n) is 15.4. The Morgan fingerprint density at radius 3 is 2.32 bits per heavy atom. The predicted molar refractivity (Wildman–Crippen MR) is 111 cm³/mol. The normalized spacial score (nSPS) is 16.6. The SMILES string of the molecule is C=CC(=O)NCCCNC(=O)CCCCCCCCCC1CCSS1. The number of carbonyl (C=O) groups excluding carboxylic acids is 2. The van der Waals surface area contributed by atoms with Crippen molar-refractivity contribution in [1.29, 1.82) is 0 Å². The summed E-state index contributed by atoms with van der Waals surface area (Å²) in [6, 6.07) is 0. The van der Waals surface area contributed by atoms with E-state index in [1.807, 2.05) is 10.8 Å². The van der Waals surface area contributed by atoms with Crippen molar-refractivity contribution < 1.29 is 9.59 Å². The van der Waals surface area contributed by atoms with Crippen LogP contribution in [-0.2, 0) is 9.59 Å². The summed E-state index contributed by atoms with van der Waals surface area (Å²) in [6.45, 7) is 4.58. The minimum atomic E-state index is -0.164. The first-order valence-corrected chi connectivity index (χ1v) is 12.1. The summed E-state index contributed by atoms with van der Waals surface area (Å²) in [5, 5.41) is 6.51. The van der Waals surface area contributed by atoms with E-state index in [4.69, 9.17) is 0 Å². The van der Waals surface area contributed by atoms with E-state index in [0.29, 0.717) is 19.5 Å². The highest BCUT2D eigenvalue weighted by Crippen LogP contribution is 2.39. The Morgan fingerprint density at radius 2 is 1.64 bits per heavy atom. The van der Waals surface area contributed by atoms with Crippen LogP contribution in [0.25, 0.3) is 0 Å². The third-order valence-corrected chi connectivity index (χ3v) is 7.32. The fraction of sp³-hybridized carbons (Fsp3) is 0.789. The van der Waals surface area contributed by atoms with Crippen LogP contribution >= 0.6 is 21.6 Å². The van der Waals surface area contributed by atoms with Crippen LogP contribution in [0.3, 0.4) is 0 Å². The molecule has 1 saturated heterocycles. The van der Waals surface area contributed by atoms with Crippen LogP contribution in [-0.4, -0.2) is 35.9 Å². The van der Waals surface area contributed by atoms with Gasteiger partial charge in [0.15, 0.2) is 0 Å². The highest BCUT2D eigenvalue weighted by Gasteiger charge is 2.15. The molecule has 2 N–H and O–H groups in total. The van der Waals surface area contributed by atoms with Crippen molar-refractivity contribution >= 4 is 33.4 Å². The lowest BCUT2D eigenvalue weighted by molar-refractivity contribution is -0.121. The topological polar surface area (TPSA) is 58.2 Å². The minimum absolute atomic E-state index is 0.127. The lowest BCUT2D eigenvalue weighted by atomic mass is 10.1. The largest absolute Gasteiger partial charge is 0.356 e. The molecule has 1 aliphatic rings. The van der Waals surface area contributed by atoms with Crippen molar-refractivity contribution in [2.24, 2.45) is 0 Å². The number of amides is 2. The molecule has 1 aliphatic heterocycles. The van der Waals surface area contributed by atoms with Gasteiger partial charge in [0.05, 0.1) is 0 Å². The average Bonchev–Trinajstić information content (AvgIpc) is 3.13. The van der Waals surface area contributed by atoms with Gasteiger partial charge in [-0.1, -0.05) is 66.7 Å². The molecule has 0 aromatic heterocycles. The van der Waals surface area contributed by atoms with Gasteiger partial charge >= 0.3 is 0 Å². The third kappa shape index (κ3) is 13.3. The van der Waals surface area contributed by atoms with Gasteiger partial charge < -0.3 is 10.6 Å². The summed E-state index contributed by atoms with van der Waals surface area (Å²) < 4.78 is 0.